The molecule has 33 heavy (non-hydrogen) atoms. The Morgan fingerprint density at radius 2 is 1.42 bits per heavy atom. The molecule has 4 amide bonds. The van der Waals surface area contributed by atoms with Crippen LogP contribution in [-0.4, -0.2) is 77.7 Å². The van der Waals surface area contributed by atoms with Gasteiger partial charge in [0.15, 0.2) is 0 Å². The monoisotopic (exact) mass is 449 g/mol. The second kappa shape index (κ2) is 9.85. The van der Waals surface area contributed by atoms with Crippen LogP contribution in [0.1, 0.15) is 50.8 Å². The Balaban J connectivity index is 1.22. The van der Waals surface area contributed by atoms with Crippen molar-refractivity contribution >= 4 is 23.6 Å². The summed E-state index contributed by atoms with van der Waals surface area (Å²) in [5.41, 5.74) is 1.43. The summed E-state index contributed by atoms with van der Waals surface area (Å²) in [4.78, 5) is 54.9. The maximum absolute atomic E-state index is 12.7. The van der Waals surface area contributed by atoms with Crippen molar-refractivity contribution in [3.05, 3.63) is 65.2 Å². The van der Waals surface area contributed by atoms with Crippen LogP contribution >= 0.6 is 0 Å². The van der Waals surface area contributed by atoms with E-state index in [1.807, 2.05) is 6.92 Å². The highest BCUT2D eigenvalue weighted by Gasteiger charge is 2.34. The maximum atomic E-state index is 12.7. The van der Waals surface area contributed by atoms with Gasteiger partial charge in [-0.2, -0.15) is 0 Å². The highest BCUT2D eigenvalue weighted by Crippen LogP contribution is 2.23. The number of nitrogens with zero attached hydrogens (tertiary/aromatic N) is 3. The molecule has 2 aromatic carbocycles. The van der Waals surface area contributed by atoms with Crippen LogP contribution in [0.25, 0.3) is 0 Å². The van der Waals surface area contributed by atoms with Gasteiger partial charge in [0.1, 0.15) is 5.75 Å². The van der Waals surface area contributed by atoms with Gasteiger partial charge in [-0.15, -0.1) is 0 Å². The topological polar surface area (TPSA) is 87.2 Å². The molecule has 8 heteroatoms. The van der Waals surface area contributed by atoms with Crippen molar-refractivity contribution in [2.45, 2.75) is 19.8 Å². The number of hydrogen-bond acceptors (Lipinski definition) is 5. The number of rotatable bonds is 7. The van der Waals surface area contributed by atoms with E-state index in [1.165, 1.54) is 4.90 Å². The maximum Gasteiger partial charge on any atom is 0.261 e. The first-order valence-electron chi connectivity index (χ1n) is 11.2. The van der Waals surface area contributed by atoms with Gasteiger partial charge in [-0.05, 0) is 49.7 Å². The molecule has 0 bridgehead atoms. The number of fused-ring (bicyclic) bond motifs is 1. The summed E-state index contributed by atoms with van der Waals surface area (Å²) in [6.45, 7) is 4.57. The molecule has 2 aliphatic rings. The standard InChI is InChI=1S/C25H27N3O5/c1-2-33-19-11-9-18(10-12-19)23(30)27-16-14-26(15-17-27)22(29)8-5-13-28-24(31)20-6-3-4-7-21(20)25(28)32/h3-4,6-7,9-12H,2,5,8,13-17H2,1H3. The first kappa shape index (κ1) is 22.5. The van der Waals surface area contributed by atoms with Gasteiger partial charge in [0.25, 0.3) is 17.7 Å². The number of piperazine rings is 1. The Morgan fingerprint density at radius 1 is 0.848 bits per heavy atom. The number of imide groups is 1. The molecule has 172 valence electrons. The van der Waals surface area contributed by atoms with E-state index in [1.54, 1.807) is 58.3 Å². The molecule has 4 rings (SSSR count). The lowest BCUT2D eigenvalue weighted by Crippen LogP contribution is -2.50. The molecular weight excluding hydrogens is 422 g/mol. The van der Waals surface area contributed by atoms with Crippen LogP contribution in [0.2, 0.25) is 0 Å². The van der Waals surface area contributed by atoms with Gasteiger partial charge in [0, 0.05) is 44.7 Å². The second-order valence-corrected chi connectivity index (χ2v) is 8.04. The summed E-state index contributed by atoms with van der Waals surface area (Å²) in [7, 11) is 0. The zero-order chi connectivity index (χ0) is 23.4. The van der Waals surface area contributed by atoms with Crippen LogP contribution in [0, 0.1) is 0 Å². The van der Waals surface area contributed by atoms with Crippen LogP contribution in [0.5, 0.6) is 5.75 Å². The van der Waals surface area contributed by atoms with Crippen LogP contribution < -0.4 is 4.74 Å². The lowest BCUT2D eigenvalue weighted by molar-refractivity contribution is -0.132. The predicted octanol–water partition coefficient (Wildman–Crippen LogP) is 2.45. The molecule has 2 aliphatic heterocycles. The van der Waals surface area contributed by atoms with E-state index < -0.39 is 0 Å². The van der Waals surface area contributed by atoms with Crippen molar-refractivity contribution in [3.63, 3.8) is 0 Å². The summed E-state index contributed by atoms with van der Waals surface area (Å²) in [6.07, 6.45) is 0.663. The van der Waals surface area contributed by atoms with E-state index in [4.69, 9.17) is 4.74 Å². The average Bonchev–Trinajstić information content (AvgIpc) is 3.09. The quantitative estimate of drug-likeness (QED) is 0.606. The van der Waals surface area contributed by atoms with E-state index >= 15 is 0 Å². The zero-order valence-electron chi connectivity index (χ0n) is 18.7. The first-order valence-corrected chi connectivity index (χ1v) is 11.2. The summed E-state index contributed by atoms with van der Waals surface area (Å²) in [6, 6.07) is 13.8. The SMILES string of the molecule is CCOc1ccc(C(=O)N2CCN(C(=O)CCCN3C(=O)c4ccccc4C3=O)CC2)cc1. The minimum atomic E-state index is -0.301. The Labute approximate surface area is 192 Å². The van der Waals surface area contributed by atoms with Crippen molar-refractivity contribution in [2.75, 3.05) is 39.3 Å². The molecule has 0 N–H and O–H groups in total. The average molecular weight is 450 g/mol. The third-order valence-electron chi connectivity index (χ3n) is 5.98. The number of carbonyl (C=O) groups is 4. The summed E-state index contributed by atoms with van der Waals surface area (Å²) < 4.78 is 5.41. The molecule has 2 heterocycles. The predicted molar refractivity (Wildman–Crippen MR) is 121 cm³/mol. The largest absolute Gasteiger partial charge is 0.494 e. The van der Waals surface area contributed by atoms with Crippen molar-refractivity contribution < 1.29 is 23.9 Å². The van der Waals surface area contributed by atoms with Gasteiger partial charge >= 0.3 is 0 Å². The fourth-order valence-electron chi connectivity index (χ4n) is 4.19. The lowest BCUT2D eigenvalue weighted by atomic mass is 10.1. The summed E-state index contributed by atoms with van der Waals surface area (Å²) in [5.74, 6) is 0.0372. The Hall–Kier alpha value is -3.68. The van der Waals surface area contributed by atoms with E-state index in [2.05, 4.69) is 0 Å². The van der Waals surface area contributed by atoms with Gasteiger partial charge in [-0.25, -0.2) is 0 Å². The van der Waals surface area contributed by atoms with E-state index in [0.29, 0.717) is 55.9 Å². The number of hydrogen-bond donors (Lipinski definition) is 0. The summed E-state index contributed by atoms with van der Waals surface area (Å²) >= 11 is 0. The Kier molecular flexibility index (Phi) is 6.72. The minimum absolute atomic E-state index is 0.0280. The van der Waals surface area contributed by atoms with Crippen LogP contribution in [0.15, 0.2) is 48.5 Å². The van der Waals surface area contributed by atoms with Crippen molar-refractivity contribution in [1.82, 2.24) is 14.7 Å². The molecule has 1 saturated heterocycles. The molecule has 0 radical (unpaired) electrons. The number of ether oxygens (including phenoxy) is 1. The fourth-order valence-corrected chi connectivity index (χ4v) is 4.19. The van der Waals surface area contributed by atoms with E-state index in [0.717, 1.165) is 5.75 Å². The lowest BCUT2D eigenvalue weighted by Gasteiger charge is -2.35. The Morgan fingerprint density at radius 3 is 2.00 bits per heavy atom. The van der Waals surface area contributed by atoms with Crippen LogP contribution in [0.3, 0.4) is 0 Å². The molecular formula is C25H27N3O5. The normalized spacial score (nSPS) is 15.6. The molecule has 0 aliphatic carbocycles. The van der Waals surface area contributed by atoms with Crippen LogP contribution in [-0.2, 0) is 4.79 Å². The number of benzene rings is 2. The second-order valence-electron chi connectivity index (χ2n) is 8.04. The third-order valence-corrected chi connectivity index (χ3v) is 5.98. The fraction of sp³-hybridized carbons (Fsp3) is 0.360. The number of carbonyl (C=O) groups excluding carboxylic acids is 4. The molecule has 1 fully saturated rings. The molecule has 8 nitrogen and oxygen atoms in total. The third kappa shape index (κ3) is 4.74. The zero-order valence-corrected chi connectivity index (χ0v) is 18.7. The van der Waals surface area contributed by atoms with E-state index in [9.17, 15) is 19.2 Å². The van der Waals surface area contributed by atoms with Gasteiger partial charge in [0.05, 0.1) is 17.7 Å². The molecule has 0 atom stereocenters. The molecule has 0 unspecified atom stereocenters. The summed E-state index contributed by atoms with van der Waals surface area (Å²) in [5, 5.41) is 0. The minimum Gasteiger partial charge on any atom is -0.494 e. The van der Waals surface area contributed by atoms with Crippen molar-refractivity contribution in [1.29, 1.82) is 0 Å². The van der Waals surface area contributed by atoms with Crippen LogP contribution in [0.4, 0.5) is 0 Å². The molecule has 0 aromatic heterocycles. The van der Waals surface area contributed by atoms with Crippen molar-refractivity contribution in [2.24, 2.45) is 0 Å². The van der Waals surface area contributed by atoms with Gasteiger partial charge in [-0.1, -0.05) is 12.1 Å². The van der Waals surface area contributed by atoms with E-state index in [-0.39, 0.29) is 36.6 Å². The highest BCUT2D eigenvalue weighted by molar-refractivity contribution is 6.21. The smallest absolute Gasteiger partial charge is 0.261 e. The van der Waals surface area contributed by atoms with Gasteiger partial charge < -0.3 is 14.5 Å². The molecule has 0 spiro atoms. The van der Waals surface area contributed by atoms with Gasteiger partial charge in [-0.3, -0.25) is 24.1 Å². The van der Waals surface area contributed by atoms with Gasteiger partial charge in [0.2, 0.25) is 5.91 Å². The highest BCUT2D eigenvalue weighted by atomic mass is 16.5. The first-order chi connectivity index (χ1) is 16.0. The van der Waals surface area contributed by atoms with Crippen molar-refractivity contribution in [3.8, 4) is 5.75 Å². The molecule has 0 saturated carbocycles. The Bertz CT molecular complexity index is 1020. The molecule has 2 aromatic rings. The number of amides is 4.